The van der Waals surface area contributed by atoms with Crippen molar-refractivity contribution in [2.24, 2.45) is 33.8 Å². The average molecular weight is 694 g/mol. The van der Waals surface area contributed by atoms with Gasteiger partial charge in [-0.05, 0) is 43.4 Å². The molecule has 2 aromatic carbocycles. The zero-order chi connectivity index (χ0) is 37.1. The van der Waals surface area contributed by atoms with Crippen molar-refractivity contribution in [1.82, 2.24) is 10.6 Å². The van der Waals surface area contributed by atoms with Crippen LogP contribution in [0.4, 0.5) is 18.9 Å². The largest absolute Gasteiger partial charge is 0.490 e. The SMILES string of the molecule is CCCCC(NC(=O)C(Cc1ccc(C(=N)N)cc1)C(=O)Nc1ccccc1)C(=O)N[C@@H](CCCN=C(N)N)C(N)=O.O=C(O)C(F)(F)F. The van der Waals surface area contributed by atoms with Gasteiger partial charge < -0.3 is 44.0 Å². The normalized spacial score (nSPS) is 12.5. The third-order valence-electron chi connectivity index (χ3n) is 6.71. The number of nitrogen functional groups attached to an aromatic ring is 1. The van der Waals surface area contributed by atoms with Gasteiger partial charge in [-0.15, -0.1) is 0 Å². The summed E-state index contributed by atoms with van der Waals surface area (Å²) in [4.78, 5) is 65.0. The predicted molar refractivity (Wildman–Crippen MR) is 176 cm³/mol. The summed E-state index contributed by atoms with van der Waals surface area (Å²) in [5, 5.41) is 22.8. The van der Waals surface area contributed by atoms with Crippen molar-refractivity contribution in [1.29, 1.82) is 5.41 Å². The van der Waals surface area contributed by atoms with E-state index in [-0.39, 0.29) is 37.6 Å². The number of alkyl halides is 3. The van der Waals surface area contributed by atoms with Crippen LogP contribution in [0.2, 0.25) is 0 Å². The van der Waals surface area contributed by atoms with Crippen LogP contribution < -0.4 is 38.9 Å². The van der Waals surface area contributed by atoms with E-state index < -0.39 is 53.8 Å². The Hall–Kier alpha value is -5.68. The van der Waals surface area contributed by atoms with Gasteiger partial charge in [0.25, 0.3) is 0 Å². The molecule has 0 saturated carbocycles. The number of carbonyl (C=O) groups is 5. The first kappa shape index (κ1) is 41.3. The first-order valence-electron chi connectivity index (χ1n) is 15.0. The Labute approximate surface area is 280 Å². The lowest BCUT2D eigenvalue weighted by Gasteiger charge is -2.24. The Bertz CT molecular complexity index is 1450. The van der Waals surface area contributed by atoms with E-state index in [1.54, 1.807) is 54.6 Å². The molecule has 0 heterocycles. The predicted octanol–water partition coefficient (Wildman–Crippen LogP) is 1.10. The number of hydrogen-bond acceptors (Lipinski definition) is 7. The molecule has 15 nitrogen and oxygen atoms in total. The van der Waals surface area contributed by atoms with Crippen LogP contribution in [0.25, 0.3) is 0 Å². The van der Waals surface area contributed by atoms with Crippen LogP contribution in [0.15, 0.2) is 59.6 Å². The second kappa shape index (κ2) is 20.5. The van der Waals surface area contributed by atoms with Gasteiger partial charge in [0.1, 0.15) is 23.8 Å². The molecule has 0 aliphatic heterocycles. The van der Waals surface area contributed by atoms with Gasteiger partial charge in [0, 0.05) is 17.8 Å². The Morgan fingerprint density at radius 3 is 1.88 bits per heavy atom. The molecular formula is C31H42F3N9O6. The number of amidine groups is 1. The number of anilines is 1. The minimum atomic E-state index is -5.08. The number of rotatable bonds is 17. The lowest BCUT2D eigenvalue weighted by Crippen LogP contribution is -2.54. The van der Waals surface area contributed by atoms with E-state index in [1.807, 2.05) is 6.92 Å². The number of hydrogen-bond donors (Lipinski definition) is 9. The number of carboxylic acids is 1. The van der Waals surface area contributed by atoms with Crippen molar-refractivity contribution in [3.05, 3.63) is 65.7 Å². The van der Waals surface area contributed by atoms with Crippen LogP contribution in [0.1, 0.15) is 50.2 Å². The molecule has 0 aliphatic carbocycles. The van der Waals surface area contributed by atoms with E-state index in [2.05, 4.69) is 20.9 Å². The number of nitrogens with two attached hydrogens (primary N) is 4. The molecule has 0 radical (unpaired) electrons. The second-order valence-corrected chi connectivity index (χ2v) is 10.6. The molecule has 0 fully saturated rings. The van der Waals surface area contributed by atoms with E-state index in [9.17, 15) is 32.3 Å². The molecule has 0 bridgehead atoms. The lowest BCUT2D eigenvalue weighted by atomic mass is 9.95. The molecule has 268 valence electrons. The van der Waals surface area contributed by atoms with Gasteiger partial charge in [-0.2, -0.15) is 13.2 Å². The minimum Gasteiger partial charge on any atom is -0.475 e. The summed E-state index contributed by atoms with van der Waals surface area (Å²) in [5.74, 6) is -6.68. The van der Waals surface area contributed by atoms with E-state index in [1.165, 1.54) is 0 Å². The highest BCUT2D eigenvalue weighted by Crippen LogP contribution is 2.16. The standard InChI is InChI=1S/C29H41N9O4.C2HF3O2/c1-2-3-10-23(28(42)37-22(25(32)39)11-7-16-35-29(33)34)38-27(41)21(26(40)36-20-8-5-4-6-9-20)17-18-12-14-19(15-13-18)24(30)31;3-2(4,5)1(6)7/h4-6,8-9,12-15,21-23H,2-3,7,10-11,16-17H2,1H3,(H3,30,31)(H2,32,39)(H,36,40)(H,37,42)(H,38,41)(H4,33,34,35);(H,6,7)/t21?,22-,23?;/m0./s1. The number of unbranched alkanes of at least 4 members (excludes halogenated alkanes) is 1. The number of halogens is 3. The van der Waals surface area contributed by atoms with Crippen LogP contribution in [0.3, 0.4) is 0 Å². The summed E-state index contributed by atoms with van der Waals surface area (Å²) in [6, 6.07) is 13.3. The summed E-state index contributed by atoms with van der Waals surface area (Å²) in [6.45, 7) is 2.19. The van der Waals surface area contributed by atoms with Gasteiger partial charge in [0.15, 0.2) is 5.96 Å². The fourth-order valence-electron chi connectivity index (χ4n) is 4.12. The number of aliphatic carboxylic acids is 1. The fraction of sp³-hybridized carbons (Fsp3) is 0.387. The number of aliphatic imine (C=N–C) groups is 1. The van der Waals surface area contributed by atoms with Crippen molar-refractivity contribution >= 4 is 47.1 Å². The van der Waals surface area contributed by atoms with Crippen LogP contribution in [-0.2, 0) is 30.4 Å². The number of carbonyl (C=O) groups excluding carboxylic acids is 4. The molecule has 18 heteroatoms. The molecule has 2 unspecified atom stereocenters. The molecule has 0 aliphatic rings. The maximum Gasteiger partial charge on any atom is 0.490 e. The second-order valence-electron chi connectivity index (χ2n) is 10.6. The van der Waals surface area contributed by atoms with Crippen LogP contribution in [0, 0.1) is 11.3 Å². The van der Waals surface area contributed by atoms with Gasteiger partial charge in [-0.3, -0.25) is 29.6 Å². The van der Waals surface area contributed by atoms with Crippen molar-refractivity contribution in [3.63, 3.8) is 0 Å². The van der Waals surface area contributed by atoms with Gasteiger partial charge in [0.2, 0.25) is 23.6 Å². The Morgan fingerprint density at radius 1 is 0.837 bits per heavy atom. The summed E-state index contributed by atoms with van der Waals surface area (Å²) in [5.41, 5.74) is 23.4. The highest BCUT2D eigenvalue weighted by molar-refractivity contribution is 6.07. The molecule has 49 heavy (non-hydrogen) atoms. The topological polar surface area (TPSA) is 282 Å². The average Bonchev–Trinajstić information content (AvgIpc) is 3.03. The van der Waals surface area contributed by atoms with E-state index >= 15 is 0 Å². The molecule has 13 N–H and O–H groups in total. The number of primary amides is 1. The molecule has 0 aromatic heterocycles. The maximum atomic E-state index is 13.6. The number of nitrogens with zero attached hydrogens (tertiary/aromatic N) is 1. The highest BCUT2D eigenvalue weighted by Gasteiger charge is 2.38. The van der Waals surface area contributed by atoms with Crippen molar-refractivity contribution < 1.29 is 42.3 Å². The molecule has 2 aromatic rings. The van der Waals surface area contributed by atoms with Gasteiger partial charge in [-0.1, -0.05) is 62.2 Å². The molecular weight excluding hydrogens is 651 g/mol. The van der Waals surface area contributed by atoms with E-state index in [0.29, 0.717) is 29.7 Å². The minimum absolute atomic E-state index is 0.0273. The lowest BCUT2D eigenvalue weighted by molar-refractivity contribution is -0.192. The fourth-order valence-corrected chi connectivity index (χ4v) is 4.12. The maximum absolute atomic E-state index is 13.6. The summed E-state index contributed by atoms with van der Waals surface area (Å²) >= 11 is 0. The molecule has 3 atom stereocenters. The van der Waals surface area contributed by atoms with Crippen LogP contribution >= 0.6 is 0 Å². The zero-order valence-corrected chi connectivity index (χ0v) is 26.8. The monoisotopic (exact) mass is 693 g/mol. The molecule has 4 amide bonds. The zero-order valence-electron chi connectivity index (χ0n) is 26.8. The van der Waals surface area contributed by atoms with Gasteiger partial charge >= 0.3 is 12.1 Å². The smallest absolute Gasteiger partial charge is 0.475 e. The van der Waals surface area contributed by atoms with Gasteiger partial charge in [-0.25, -0.2) is 4.79 Å². The van der Waals surface area contributed by atoms with Crippen LogP contribution in [0.5, 0.6) is 0 Å². The Kier molecular flexibility index (Phi) is 17.3. The van der Waals surface area contributed by atoms with Crippen molar-refractivity contribution in [3.8, 4) is 0 Å². The Balaban J connectivity index is 0.00000154. The summed E-state index contributed by atoms with van der Waals surface area (Å²) < 4.78 is 31.7. The third-order valence-corrected chi connectivity index (χ3v) is 6.71. The number of carboxylic acid groups (broad SMARTS) is 1. The number of guanidine groups is 1. The molecule has 2 rings (SSSR count). The number of amides is 4. The van der Waals surface area contributed by atoms with E-state index in [0.717, 1.165) is 6.42 Å². The van der Waals surface area contributed by atoms with E-state index in [4.69, 9.17) is 38.2 Å². The first-order valence-corrected chi connectivity index (χ1v) is 15.0. The quantitative estimate of drug-likeness (QED) is 0.0496. The number of nitrogens with one attached hydrogen (secondary N) is 4. The van der Waals surface area contributed by atoms with Crippen LogP contribution in [-0.4, -0.2) is 71.3 Å². The summed E-state index contributed by atoms with van der Waals surface area (Å²) in [6.07, 6.45) is -2.82. The number of benzene rings is 2. The molecule has 0 saturated heterocycles. The van der Waals surface area contributed by atoms with Gasteiger partial charge in [0.05, 0.1) is 0 Å². The van der Waals surface area contributed by atoms with Crippen molar-refractivity contribution in [2.45, 2.75) is 63.7 Å². The third kappa shape index (κ3) is 16.1. The highest BCUT2D eigenvalue weighted by atomic mass is 19.4. The molecule has 0 spiro atoms. The summed E-state index contributed by atoms with van der Waals surface area (Å²) in [7, 11) is 0. The first-order chi connectivity index (χ1) is 23.0. The van der Waals surface area contributed by atoms with Crippen molar-refractivity contribution in [2.75, 3.05) is 11.9 Å². The Morgan fingerprint density at radius 2 is 1.39 bits per heavy atom. The number of para-hydroxylation sites is 1.